The van der Waals surface area contributed by atoms with E-state index in [1.54, 1.807) is 36.4 Å². The summed E-state index contributed by atoms with van der Waals surface area (Å²) >= 11 is 0. The van der Waals surface area contributed by atoms with Crippen LogP contribution in [0.5, 0.6) is 11.5 Å². The fraction of sp³-hybridized carbons (Fsp3) is 0.176. The average molecular weight is 299 g/mol. The average Bonchev–Trinajstić information content (AvgIpc) is 2.54. The number of carbonyl (C=O) groups is 2. The van der Waals surface area contributed by atoms with Crippen molar-refractivity contribution in [3.63, 3.8) is 0 Å². The van der Waals surface area contributed by atoms with Gasteiger partial charge in [0.1, 0.15) is 18.0 Å². The smallest absolute Gasteiger partial charge is 0.330 e. The molecule has 2 rings (SSSR count). The molecule has 22 heavy (non-hydrogen) atoms. The third-order valence-electron chi connectivity index (χ3n) is 3.00. The normalized spacial score (nSPS) is 9.91. The lowest BCUT2D eigenvalue weighted by Crippen LogP contribution is -2.32. The zero-order chi connectivity index (χ0) is 15.9. The SMILES string of the molecule is COc1ccccc1C(=O)NCC(=O)Oc1ccc(C)cc1. The molecule has 0 spiro atoms. The van der Waals surface area contributed by atoms with Crippen molar-refractivity contribution in [1.29, 1.82) is 0 Å². The number of nitrogens with one attached hydrogen (secondary N) is 1. The van der Waals surface area contributed by atoms with Crippen LogP contribution in [0.4, 0.5) is 0 Å². The van der Waals surface area contributed by atoms with Crippen LogP contribution in [0.2, 0.25) is 0 Å². The van der Waals surface area contributed by atoms with E-state index in [4.69, 9.17) is 9.47 Å². The molecule has 0 atom stereocenters. The van der Waals surface area contributed by atoms with E-state index in [2.05, 4.69) is 5.32 Å². The standard InChI is InChI=1S/C17H17NO4/c1-12-7-9-13(10-8-12)22-16(19)11-18-17(20)14-5-3-4-6-15(14)21-2/h3-10H,11H2,1-2H3,(H,18,20). The molecular formula is C17H17NO4. The molecule has 0 aliphatic rings. The van der Waals surface area contributed by atoms with Crippen molar-refractivity contribution in [2.45, 2.75) is 6.92 Å². The molecule has 0 bridgehead atoms. The topological polar surface area (TPSA) is 64.6 Å². The number of methoxy groups -OCH3 is 1. The maximum absolute atomic E-state index is 12.0. The third kappa shape index (κ3) is 4.09. The number of benzene rings is 2. The Labute approximate surface area is 128 Å². The molecule has 114 valence electrons. The number of ether oxygens (including phenoxy) is 2. The van der Waals surface area contributed by atoms with Gasteiger partial charge < -0.3 is 14.8 Å². The molecule has 2 aromatic carbocycles. The first kappa shape index (κ1) is 15.6. The molecule has 1 amide bonds. The highest BCUT2D eigenvalue weighted by Crippen LogP contribution is 2.16. The minimum Gasteiger partial charge on any atom is -0.496 e. The fourth-order valence-electron chi connectivity index (χ4n) is 1.85. The van der Waals surface area contributed by atoms with E-state index in [-0.39, 0.29) is 6.54 Å². The van der Waals surface area contributed by atoms with Gasteiger partial charge in [0.05, 0.1) is 12.7 Å². The number of para-hydroxylation sites is 1. The first-order valence-corrected chi connectivity index (χ1v) is 6.78. The van der Waals surface area contributed by atoms with E-state index in [1.807, 2.05) is 19.1 Å². The highest BCUT2D eigenvalue weighted by molar-refractivity contribution is 5.98. The largest absolute Gasteiger partial charge is 0.496 e. The lowest BCUT2D eigenvalue weighted by Gasteiger charge is -2.09. The molecule has 0 aliphatic carbocycles. The zero-order valence-electron chi connectivity index (χ0n) is 12.5. The maximum atomic E-state index is 12.0. The number of aryl methyl sites for hydroxylation is 1. The van der Waals surface area contributed by atoms with E-state index in [0.717, 1.165) is 5.56 Å². The molecule has 2 aromatic rings. The number of carbonyl (C=O) groups excluding carboxylic acids is 2. The van der Waals surface area contributed by atoms with Crippen molar-refractivity contribution in [1.82, 2.24) is 5.32 Å². The van der Waals surface area contributed by atoms with Gasteiger partial charge in [0.25, 0.3) is 5.91 Å². The molecule has 5 heteroatoms. The molecule has 0 heterocycles. The Morgan fingerprint density at radius 2 is 1.73 bits per heavy atom. The Morgan fingerprint density at radius 1 is 1.05 bits per heavy atom. The molecular weight excluding hydrogens is 282 g/mol. The quantitative estimate of drug-likeness (QED) is 0.680. The number of rotatable bonds is 5. The molecule has 0 unspecified atom stereocenters. The Kier molecular flexibility index (Phi) is 5.14. The second-order valence-electron chi connectivity index (χ2n) is 4.67. The molecule has 0 aromatic heterocycles. The van der Waals surface area contributed by atoms with Crippen LogP contribution >= 0.6 is 0 Å². The molecule has 0 saturated heterocycles. The van der Waals surface area contributed by atoms with Gasteiger partial charge in [0.2, 0.25) is 0 Å². The molecule has 0 radical (unpaired) electrons. The van der Waals surface area contributed by atoms with Crippen LogP contribution in [0, 0.1) is 6.92 Å². The van der Waals surface area contributed by atoms with Crippen LogP contribution in [0.1, 0.15) is 15.9 Å². The first-order valence-electron chi connectivity index (χ1n) is 6.78. The van der Waals surface area contributed by atoms with Gasteiger partial charge in [-0.2, -0.15) is 0 Å². The summed E-state index contributed by atoms with van der Waals surface area (Å²) in [5, 5.41) is 2.51. The summed E-state index contributed by atoms with van der Waals surface area (Å²) < 4.78 is 10.2. The Bertz CT molecular complexity index is 665. The molecule has 5 nitrogen and oxygen atoms in total. The Hall–Kier alpha value is -2.82. The predicted molar refractivity (Wildman–Crippen MR) is 82.1 cm³/mol. The molecule has 0 fully saturated rings. The van der Waals surface area contributed by atoms with Crippen molar-refractivity contribution >= 4 is 11.9 Å². The van der Waals surface area contributed by atoms with Crippen LogP contribution in [0.15, 0.2) is 48.5 Å². The molecule has 0 aliphatic heterocycles. The van der Waals surface area contributed by atoms with Gasteiger partial charge in [-0.05, 0) is 31.2 Å². The molecule has 0 saturated carbocycles. The summed E-state index contributed by atoms with van der Waals surface area (Å²) in [6.45, 7) is 1.73. The molecule has 1 N–H and O–H groups in total. The van der Waals surface area contributed by atoms with Crippen LogP contribution in [-0.4, -0.2) is 25.5 Å². The van der Waals surface area contributed by atoms with Crippen molar-refractivity contribution in [2.24, 2.45) is 0 Å². The number of hydrogen-bond acceptors (Lipinski definition) is 4. The van der Waals surface area contributed by atoms with Gasteiger partial charge in [0.15, 0.2) is 0 Å². The summed E-state index contributed by atoms with van der Waals surface area (Å²) in [5.74, 6) is -0.0283. The fourth-order valence-corrected chi connectivity index (χ4v) is 1.85. The highest BCUT2D eigenvalue weighted by atomic mass is 16.5. The minimum atomic E-state index is -0.535. The second-order valence-corrected chi connectivity index (χ2v) is 4.67. The second kappa shape index (κ2) is 7.26. The van der Waals surface area contributed by atoms with E-state index >= 15 is 0 Å². The van der Waals surface area contributed by atoms with Gasteiger partial charge in [0, 0.05) is 0 Å². The predicted octanol–water partition coefficient (Wildman–Crippen LogP) is 2.34. The van der Waals surface area contributed by atoms with Crippen molar-refractivity contribution in [3.05, 3.63) is 59.7 Å². The van der Waals surface area contributed by atoms with Crippen molar-refractivity contribution in [2.75, 3.05) is 13.7 Å². The van der Waals surface area contributed by atoms with Crippen LogP contribution in [0.3, 0.4) is 0 Å². The van der Waals surface area contributed by atoms with Gasteiger partial charge in [-0.3, -0.25) is 4.79 Å². The van der Waals surface area contributed by atoms with Crippen LogP contribution < -0.4 is 14.8 Å². The Morgan fingerprint density at radius 3 is 2.41 bits per heavy atom. The number of amides is 1. The monoisotopic (exact) mass is 299 g/mol. The van der Waals surface area contributed by atoms with Gasteiger partial charge >= 0.3 is 5.97 Å². The summed E-state index contributed by atoms with van der Waals surface area (Å²) in [6, 6.07) is 13.9. The van der Waals surface area contributed by atoms with Gasteiger partial charge in [-0.25, -0.2) is 4.79 Å². The minimum absolute atomic E-state index is 0.218. The number of hydrogen-bond donors (Lipinski definition) is 1. The number of esters is 1. The van der Waals surface area contributed by atoms with Gasteiger partial charge in [-0.15, -0.1) is 0 Å². The first-order chi connectivity index (χ1) is 10.6. The Balaban J connectivity index is 1.90. The van der Waals surface area contributed by atoms with E-state index in [0.29, 0.717) is 17.1 Å². The maximum Gasteiger partial charge on any atom is 0.330 e. The summed E-state index contributed by atoms with van der Waals surface area (Å²) in [5.41, 5.74) is 1.44. The van der Waals surface area contributed by atoms with Crippen molar-refractivity contribution in [3.8, 4) is 11.5 Å². The zero-order valence-corrected chi connectivity index (χ0v) is 12.5. The summed E-state index contributed by atoms with van der Waals surface area (Å²) in [7, 11) is 1.48. The van der Waals surface area contributed by atoms with E-state index in [9.17, 15) is 9.59 Å². The van der Waals surface area contributed by atoms with Crippen LogP contribution in [-0.2, 0) is 4.79 Å². The van der Waals surface area contributed by atoms with Crippen LogP contribution in [0.25, 0.3) is 0 Å². The van der Waals surface area contributed by atoms with Gasteiger partial charge in [-0.1, -0.05) is 29.8 Å². The highest BCUT2D eigenvalue weighted by Gasteiger charge is 2.13. The van der Waals surface area contributed by atoms with E-state index < -0.39 is 11.9 Å². The summed E-state index contributed by atoms with van der Waals surface area (Å²) in [6.07, 6.45) is 0. The lowest BCUT2D eigenvalue weighted by atomic mass is 10.2. The lowest BCUT2D eigenvalue weighted by molar-refractivity contribution is -0.133. The van der Waals surface area contributed by atoms with E-state index in [1.165, 1.54) is 7.11 Å². The third-order valence-corrected chi connectivity index (χ3v) is 3.00. The summed E-state index contributed by atoms with van der Waals surface area (Å²) in [4.78, 5) is 23.7. The van der Waals surface area contributed by atoms with Crippen molar-refractivity contribution < 1.29 is 19.1 Å².